The highest BCUT2D eigenvalue weighted by Crippen LogP contribution is 2.35. The van der Waals surface area contributed by atoms with Gasteiger partial charge in [-0.1, -0.05) is 55.5 Å². The van der Waals surface area contributed by atoms with Gasteiger partial charge in [-0.2, -0.15) is 0 Å². The number of fused-ring (bicyclic) bond motifs is 1. The van der Waals surface area contributed by atoms with Crippen molar-refractivity contribution in [1.29, 1.82) is 0 Å². The third-order valence-electron chi connectivity index (χ3n) is 5.96. The first-order valence-electron chi connectivity index (χ1n) is 12.4. The van der Waals surface area contributed by atoms with Crippen molar-refractivity contribution in [2.45, 2.75) is 26.8 Å². The Bertz CT molecular complexity index is 1500. The summed E-state index contributed by atoms with van der Waals surface area (Å²) in [6.07, 6.45) is 1.82. The molecule has 0 saturated heterocycles. The van der Waals surface area contributed by atoms with E-state index in [2.05, 4.69) is 18.8 Å². The van der Waals surface area contributed by atoms with E-state index >= 15 is 0 Å². The third-order valence-corrected chi connectivity index (χ3v) is 6.94. The van der Waals surface area contributed by atoms with E-state index < -0.39 is 12.0 Å². The summed E-state index contributed by atoms with van der Waals surface area (Å²) in [6.45, 7) is 6.93. The summed E-state index contributed by atoms with van der Waals surface area (Å²) in [5, 5.41) is 0. The van der Waals surface area contributed by atoms with Gasteiger partial charge in [-0.3, -0.25) is 9.36 Å². The second-order valence-corrected chi connectivity index (χ2v) is 10.2. The fourth-order valence-electron chi connectivity index (χ4n) is 4.14. The first-order valence-corrected chi connectivity index (χ1v) is 13.2. The van der Waals surface area contributed by atoms with Gasteiger partial charge >= 0.3 is 5.97 Å². The number of aromatic nitrogens is 1. The summed E-state index contributed by atoms with van der Waals surface area (Å²) in [6, 6.07) is 14.2. The van der Waals surface area contributed by atoms with Gasteiger partial charge in [-0.15, -0.1) is 0 Å². The SMILES string of the molecule is COCCOC(=O)C1=C(C)N=c2sc(=Cc3ccc(OCC(C)C)cc3)c(=O)n2C1c1ccccc1OC. The van der Waals surface area contributed by atoms with Crippen molar-refractivity contribution in [3.05, 3.63) is 90.6 Å². The standard InChI is InChI=1S/C29H32N2O6S/c1-18(2)17-37-21-12-10-20(11-13-21)16-24-27(32)31-26(22-8-6-7-9-23(22)35-5)25(19(3)30-29(31)38-24)28(33)36-15-14-34-4/h6-13,16,18,26H,14-15,17H2,1-5H3. The Balaban J connectivity index is 1.80. The second-order valence-electron chi connectivity index (χ2n) is 9.23. The number of ether oxygens (including phenoxy) is 4. The van der Waals surface area contributed by atoms with Crippen molar-refractivity contribution in [2.24, 2.45) is 10.9 Å². The van der Waals surface area contributed by atoms with Gasteiger partial charge in [-0.05, 0) is 42.7 Å². The number of methoxy groups -OCH3 is 2. The number of thiazole rings is 1. The highest BCUT2D eigenvalue weighted by molar-refractivity contribution is 7.07. The van der Waals surface area contributed by atoms with Crippen LogP contribution in [0.4, 0.5) is 0 Å². The maximum absolute atomic E-state index is 13.8. The van der Waals surface area contributed by atoms with Gasteiger partial charge in [0.1, 0.15) is 24.1 Å². The van der Waals surface area contributed by atoms with Crippen molar-refractivity contribution in [3.63, 3.8) is 0 Å². The van der Waals surface area contributed by atoms with Gasteiger partial charge in [0, 0.05) is 12.7 Å². The van der Waals surface area contributed by atoms with E-state index in [1.165, 1.54) is 18.4 Å². The van der Waals surface area contributed by atoms with Crippen LogP contribution in [0.1, 0.15) is 37.9 Å². The number of para-hydroxylation sites is 1. The Labute approximate surface area is 225 Å². The zero-order valence-electron chi connectivity index (χ0n) is 22.2. The van der Waals surface area contributed by atoms with Gasteiger partial charge in [-0.25, -0.2) is 9.79 Å². The normalized spacial score (nSPS) is 15.3. The van der Waals surface area contributed by atoms with Gasteiger partial charge in [0.2, 0.25) is 0 Å². The Hall–Kier alpha value is -3.69. The van der Waals surface area contributed by atoms with Crippen LogP contribution in [0.15, 0.2) is 69.6 Å². The molecule has 2 heterocycles. The Kier molecular flexibility index (Phi) is 8.81. The lowest BCUT2D eigenvalue weighted by molar-refractivity contribution is -0.140. The molecule has 4 rings (SSSR count). The van der Waals surface area contributed by atoms with E-state index in [4.69, 9.17) is 18.9 Å². The maximum Gasteiger partial charge on any atom is 0.338 e. The molecule has 1 aromatic heterocycles. The summed E-state index contributed by atoms with van der Waals surface area (Å²) in [7, 11) is 3.09. The Morgan fingerprint density at radius 3 is 2.53 bits per heavy atom. The molecular formula is C29H32N2O6S. The molecule has 0 radical (unpaired) electrons. The molecule has 0 bridgehead atoms. The van der Waals surface area contributed by atoms with Crippen molar-refractivity contribution in [2.75, 3.05) is 34.0 Å². The number of carbonyl (C=O) groups is 1. The van der Waals surface area contributed by atoms with Crippen LogP contribution in [0.25, 0.3) is 6.08 Å². The molecule has 0 fully saturated rings. The Morgan fingerprint density at radius 2 is 1.84 bits per heavy atom. The largest absolute Gasteiger partial charge is 0.496 e. The number of nitrogens with zero attached hydrogens (tertiary/aromatic N) is 2. The Morgan fingerprint density at radius 1 is 1.11 bits per heavy atom. The average molecular weight is 537 g/mol. The van der Waals surface area contributed by atoms with Crippen LogP contribution in [-0.2, 0) is 14.3 Å². The molecule has 0 amide bonds. The highest BCUT2D eigenvalue weighted by atomic mass is 32.1. The van der Waals surface area contributed by atoms with Crippen LogP contribution in [0.2, 0.25) is 0 Å². The minimum absolute atomic E-state index is 0.0893. The minimum atomic E-state index is -0.758. The molecule has 1 atom stereocenters. The predicted molar refractivity (Wildman–Crippen MR) is 146 cm³/mol. The number of carbonyl (C=O) groups excluding carboxylic acids is 1. The van der Waals surface area contributed by atoms with Crippen LogP contribution < -0.4 is 24.4 Å². The predicted octanol–water partition coefficient (Wildman–Crippen LogP) is 3.47. The van der Waals surface area contributed by atoms with Crippen molar-refractivity contribution < 1.29 is 23.7 Å². The molecule has 9 heteroatoms. The quantitative estimate of drug-likeness (QED) is 0.291. The summed E-state index contributed by atoms with van der Waals surface area (Å²) in [5.74, 6) is 1.21. The van der Waals surface area contributed by atoms with Gasteiger partial charge in [0.05, 0.1) is 36.1 Å². The topological polar surface area (TPSA) is 88.4 Å². The molecule has 38 heavy (non-hydrogen) atoms. The first-order chi connectivity index (χ1) is 18.3. The van der Waals surface area contributed by atoms with Crippen molar-refractivity contribution in [3.8, 4) is 11.5 Å². The number of rotatable bonds is 10. The fourth-order valence-corrected chi connectivity index (χ4v) is 5.19. The van der Waals surface area contributed by atoms with Crippen LogP contribution in [0.5, 0.6) is 11.5 Å². The van der Waals surface area contributed by atoms with Crippen molar-refractivity contribution in [1.82, 2.24) is 4.57 Å². The molecule has 0 spiro atoms. The second kappa shape index (κ2) is 12.2. The van der Waals surface area contributed by atoms with E-state index in [1.807, 2.05) is 48.5 Å². The molecule has 1 unspecified atom stereocenters. The smallest absolute Gasteiger partial charge is 0.338 e. The molecule has 1 aliphatic heterocycles. The molecule has 8 nitrogen and oxygen atoms in total. The summed E-state index contributed by atoms with van der Waals surface area (Å²) in [5.41, 5.74) is 2.05. The summed E-state index contributed by atoms with van der Waals surface area (Å²) < 4.78 is 23.9. The molecule has 2 aromatic carbocycles. The number of benzene rings is 2. The fraction of sp³-hybridized carbons (Fsp3) is 0.345. The number of allylic oxidation sites excluding steroid dienone is 1. The lowest BCUT2D eigenvalue weighted by atomic mass is 9.95. The molecule has 0 N–H and O–H groups in total. The monoisotopic (exact) mass is 536 g/mol. The molecule has 1 aliphatic rings. The zero-order valence-corrected chi connectivity index (χ0v) is 23.0. The van der Waals surface area contributed by atoms with Crippen LogP contribution in [0.3, 0.4) is 0 Å². The highest BCUT2D eigenvalue weighted by Gasteiger charge is 2.35. The van der Waals surface area contributed by atoms with E-state index in [0.717, 1.165) is 11.3 Å². The van der Waals surface area contributed by atoms with Crippen LogP contribution in [0, 0.1) is 5.92 Å². The van der Waals surface area contributed by atoms with E-state index in [9.17, 15) is 9.59 Å². The van der Waals surface area contributed by atoms with Crippen LogP contribution in [-0.4, -0.2) is 44.6 Å². The van der Waals surface area contributed by atoms with Crippen LogP contribution >= 0.6 is 11.3 Å². The maximum atomic E-state index is 13.8. The zero-order chi connectivity index (χ0) is 27.2. The molecule has 0 saturated carbocycles. The lowest BCUT2D eigenvalue weighted by Crippen LogP contribution is -2.40. The van der Waals surface area contributed by atoms with Gasteiger partial charge in [0.25, 0.3) is 5.56 Å². The van der Waals surface area contributed by atoms with Gasteiger partial charge in [0.15, 0.2) is 4.80 Å². The molecular weight excluding hydrogens is 504 g/mol. The number of hydrogen-bond donors (Lipinski definition) is 0. The van der Waals surface area contributed by atoms with E-state index in [-0.39, 0.29) is 24.3 Å². The first kappa shape index (κ1) is 27.3. The molecule has 0 aliphatic carbocycles. The summed E-state index contributed by atoms with van der Waals surface area (Å²) >= 11 is 1.28. The third kappa shape index (κ3) is 5.89. The van der Waals surface area contributed by atoms with E-state index in [1.54, 1.807) is 24.7 Å². The minimum Gasteiger partial charge on any atom is -0.496 e. The molecule has 3 aromatic rings. The average Bonchev–Trinajstić information content (AvgIpc) is 3.21. The van der Waals surface area contributed by atoms with Crippen molar-refractivity contribution >= 4 is 23.4 Å². The van der Waals surface area contributed by atoms with E-state index in [0.29, 0.717) is 38.9 Å². The number of hydrogen-bond acceptors (Lipinski definition) is 8. The molecule has 200 valence electrons. The lowest BCUT2D eigenvalue weighted by Gasteiger charge is -2.26. The number of esters is 1. The van der Waals surface area contributed by atoms with Gasteiger partial charge < -0.3 is 18.9 Å². The summed E-state index contributed by atoms with van der Waals surface area (Å²) in [4.78, 5) is 32.2.